The van der Waals surface area contributed by atoms with Gasteiger partial charge < -0.3 is 5.73 Å². The van der Waals surface area contributed by atoms with Crippen LogP contribution < -0.4 is 5.73 Å². The van der Waals surface area contributed by atoms with E-state index in [2.05, 4.69) is 26.0 Å². The van der Waals surface area contributed by atoms with Crippen molar-refractivity contribution in [2.75, 3.05) is 5.73 Å². The summed E-state index contributed by atoms with van der Waals surface area (Å²) in [6.45, 7) is 3.92. The molecule has 2 N–H and O–H groups in total. The lowest BCUT2D eigenvalue weighted by atomic mass is 10.1. The Labute approximate surface area is 108 Å². The van der Waals surface area contributed by atoms with E-state index in [9.17, 15) is 0 Å². The maximum Gasteiger partial charge on any atom is 0.221 e. The van der Waals surface area contributed by atoms with Crippen LogP contribution >= 0.6 is 15.9 Å². The Kier molecular flexibility index (Phi) is 3.28. The number of benzene rings is 1. The van der Waals surface area contributed by atoms with Crippen molar-refractivity contribution in [3.63, 3.8) is 0 Å². The van der Waals surface area contributed by atoms with Crippen molar-refractivity contribution in [2.45, 2.75) is 13.8 Å². The molecule has 0 unspecified atom stereocenters. The Morgan fingerprint density at radius 1 is 1.41 bits per heavy atom. The highest BCUT2D eigenvalue weighted by molar-refractivity contribution is 9.10. The topological polar surface area (TPSA) is 56.2 Å². The average molecular weight is 293 g/mol. The molecule has 5 heteroatoms. The molecule has 2 aromatic rings. The Bertz CT molecular complexity index is 572. The maximum absolute atomic E-state index is 5.70. The molecule has 0 aliphatic heterocycles. The first kappa shape index (κ1) is 11.9. The fourth-order valence-corrected chi connectivity index (χ4v) is 1.98. The van der Waals surface area contributed by atoms with E-state index in [4.69, 9.17) is 5.73 Å². The highest BCUT2D eigenvalue weighted by Crippen LogP contribution is 2.14. The molecule has 1 heterocycles. The van der Waals surface area contributed by atoms with Crippen molar-refractivity contribution < 1.29 is 0 Å². The first-order valence-corrected chi connectivity index (χ1v) is 5.97. The maximum atomic E-state index is 5.70. The van der Waals surface area contributed by atoms with Crippen molar-refractivity contribution in [2.24, 2.45) is 5.10 Å². The van der Waals surface area contributed by atoms with Crippen molar-refractivity contribution in [1.29, 1.82) is 0 Å². The van der Waals surface area contributed by atoms with Gasteiger partial charge in [-0.1, -0.05) is 22.0 Å². The van der Waals surface area contributed by atoms with Crippen LogP contribution in [0.25, 0.3) is 0 Å². The van der Waals surface area contributed by atoms with E-state index in [0.29, 0.717) is 5.95 Å². The molecule has 17 heavy (non-hydrogen) atoms. The molecule has 0 aliphatic rings. The van der Waals surface area contributed by atoms with Gasteiger partial charge in [-0.25, -0.2) is 9.66 Å². The summed E-state index contributed by atoms with van der Waals surface area (Å²) in [7, 11) is 0. The molecule has 0 bridgehead atoms. The number of anilines is 1. The van der Waals surface area contributed by atoms with Gasteiger partial charge in [0.1, 0.15) is 0 Å². The normalized spacial score (nSPS) is 11.2. The first-order valence-electron chi connectivity index (χ1n) is 5.18. The predicted octanol–water partition coefficient (Wildman–Crippen LogP) is 2.73. The summed E-state index contributed by atoms with van der Waals surface area (Å²) in [6.07, 6.45) is 3.57. The van der Waals surface area contributed by atoms with E-state index in [1.165, 1.54) is 0 Å². The third-order valence-electron chi connectivity index (χ3n) is 2.39. The van der Waals surface area contributed by atoms with Crippen LogP contribution in [0.2, 0.25) is 0 Å². The predicted molar refractivity (Wildman–Crippen MR) is 73.2 cm³/mol. The van der Waals surface area contributed by atoms with Crippen LogP contribution in [-0.4, -0.2) is 15.9 Å². The molecule has 88 valence electrons. The minimum atomic E-state index is 0.397. The van der Waals surface area contributed by atoms with E-state index in [0.717, 1.165) is 21.3 Å². The third kappa shape index (κ3) is 2.74. The van der Waals surface area contributed by atoms with E-state index in [-0.39, 0.29) is 0 Å². The number of aromatic nitrogens is 2. The largest absolute Gasteiger partial charge is 0.368 e. The fourth-order valence-electron chi connectivity index (χ4n) is 1.50. The summed E-state index contributed by atoms with van der Waals surface area (Å²) in [5, 5.41) is 4.28. The van der Waals surface area contributed by atoms with E-state index in [1.807, 2.05) is 32.0 Å². The van der Waals surface area contributed by atoms with Gasteiger partial charge in [0.15, 0.2) is 0 Å². The molecule has 1 aromatic carbocycles. The Morgan fingerprint density at radius 2 is 2.18 bits per heavy atom. The van der Waals surface area contributed by atoms with Crippen LogP contribution in [0.4, 0.5) is 5.95 Å². The van der Waals surface area contributed by atoms with Crippen molar-refractivity contribution in [3.8, 4) is 0 Å². The first-order chi connectivity index (χ1) is 8.06. The molecule has 0 saturated heterocycles. The quantitative estimate of drug-likeness (QED) is 0.866. The van der Waals surface area contributed by atoms with Crippen LogP contribution in [0.5, 0.6) is 0 Å². The molecule has 0 radical (unpaired) electrons. The van der Waals surface area contributed by atoms with Crippen LogP contribution in [0.3, 0.4) is 0 Å². The van der Waals surface area contributed by atoms with Gasteiger partial charge in [0, 0.05) is 4.47 Å². The zero-order valence-corrected chi connectivity index (χ0v) is 11.3. The SMILES string of the molecule is Cc1cn(N=Cc2ccc(Br)cc2C)c(N)n1. The number of nitrogen functional groups attached to an aromatic ring is 1. The number of hydrogen-bond donors (Lipinski definition) is 1. The van der Waals surface area contributed by atoms with Gasteiger partial charge in [-0.3, -0.25) is 0 Å². The molecule has 1 aromatic heterocycles. The second kappa shape index (κ2) is 4.71. The average Bonchev–Trinajstić information content (AvgIpc) is 2.56. The number of rotatable bonds is 2. The lowest BCUT2D eigenvalue weighted by Crippen LogP contribution is -1.97. The van der Waals surface area contributed by atoms with Crippen molar-refractivity contribution >= 4 is 28.1 Å². The monoisotopic (exact) mass is 292 g/mol. The molecule has 0 saturated carbocycles. The molecule has 0 fully saturated rings. The van der Waals surface area contributed by atoms with Gasteiger partial charge in [-0.15, -0.1) is 0 Å². The van der Waals surface area contributed by atoms with Gasteiger partial charge in [0.25, 0.3) is 0 Å². The van der Waals surface area contributed by atoms with Crippen molar-refractivity contribution in [1.82, 2.24) is 9.66 Å². The summed E-state index contributed by atoms with van der Waals surface area (Å²) in [5.41, 5.74) is 8.76. The zero-order chi connectivity index (χ0) is 12.4. The minimum absolute atomic E-state index is 0.397. The lowest BCUT2D eigenvalue weighted by Gasteiger charge is -2.00. The fraction of sp³-hybridized carbons (Fsp3) is 0.167. The molecule has 0 spiro atoms. The van der Waals surface area contributed by atoms with Gasteiger partial charge >= 0.3 is 0 Å². The number of imidazole rings is 1. The highest BCUT2D eigenvalue weighted by atomic mass is 79.9. The van der Waals surface area contributed by atoms with Gasteiger partial charge in [0.2, 0.25) is 5.95 Å². The second-order valence-corrected chi connectivity index (χ2v) is 4.75. The summed E-state index contributed by atoms with van der Waals surface area (Å²) in [6, 6.07) is 6.03. The lowest BCUT2D eigenvalue weighted by molar-refractivity contribution is 0.897. The Balaban J connectivity index is 2.29. The van der Waals surface area contributed by atoms with Crippen LogP contribution in [0.1, 0.15) is 16.8 Å². The number of nitrogens with two attached hydrogens (primary N) is 1. The van der Waals surface area contributed by atoms with Gasteiger partial charge in [0.05, 0.1) is 18.1 Å². The number of aryl methyl sites for hydroxylation is 2. The smallest absolute Gasteiger partial charge is 0.221 e. The van der Waals surface area contributed by atoms with Crippen LogP contribution in [0, 0.1) is 13.8 Å². The molecular formula is C12H13BrN4. The minimum Gasteiger partial charge on any atom is -0.368 e. The highest BCUT2D eigenvalue weighted by Gasteiger charge is 1.99. The number of hydrogen-bond acceptors (Lipinski definition) is 3. The standard InChI is InChI=1S/C12H13BrN4/c1-8-5-11(13)4-3-10(8)6-15-17-7-9(2)16-12(17)14/h3-7H,1-2H3,(H2,14,16). The summed E-state index contributed by atoms with van der Waals surface area (Å²) >= 11 is 3.43. The van der Waals surface area contributed by atoms with Crippen LogP contribution in [-0.2, 0) is 0 Å². The second-order valence-electron chi connectivity index (χ2n) is 3.83. The van der Waals surface area contributed by atoms with Crippen molar-refractivity contribution in [3.05, 3.63) is 45.7 Å². The Hall–Kier alpha value is -1.62. The summed E-state index contributed by atoms with van der Waals surface area (Å²) < 4.78 is 2.63. The van der Waals surface area contributed by atoms with Crippen LogP contribution in [0.15, 0.2) is 34.0 Å². The van der Waals surface area contributed by atoms with E-state index < -0.39 is 0 Å². The molecule has 4 nitrogen and oxygen atoms in total. The van der Waals surface area contributed by atoms with E-state index in [1.54, 1.807) is 17.1 Å². The van der Waals surface area contributed by atoms with E-state index >= 15 is 0 Å². The number of nitrogens with zero attached hydrogens (tertiary/aromatic N) is 3. The third-order valence-corrected chi connectivity index (χ3v) is 2.88. The molecular weight excluding hydrogens is 280 g/mol. The molecule has 0 amide bonds. The summed E-state index contributed by atoms with van der Waals surface area (Å²) in [5.74, 6) is 0.397. The number of halogens is 1. The Morgan fingerprint density at radius 3 is 2.76 bits per heavy atom. The summed E-state index contributed by atoms with van der Waals surface area (Å²) in [4.78, 5) is 4.08. The zero-order valence-electron chi connectivity index (χ0n) is 9.68. The van der Waals surface area contributed by atoms with Gasteiger partial charge in [-0.05, 0) is 37.1 Å². The molecule has 0 atom stereocenters. The van der Waals surface area contributed by atoms with Gasteiger partial charge in [-0.2, -0.15) is 5.10 Å². The molecule has 0 aliphatic carbocycles. The molecule has 2 rings (SSSR count).